The number of allylic oxidation sites excluding steroid dienone is 1. The number of hydrogen-bond acceptors (Lipinski definition) is 7. The quantitative estimate of drug-likeness (QED) is 0.372. The molecule has 1 aliphatic heterocycles. The summed E-state index contributed by atoms with van der Waals surface area (Å²) in [5.74, 6) is -1.39. The molecule has 0 atom stereocenters. The van der Waals surface area contributed by atoms with Crippen molar-refractivity contribution in [1.82, 2.24) is 14.9 Å². The Kier molecular flexibility index (Phi) is 7.77. The Morgan fingerprint density at radius 1 is 1.38 bits per heavy atom. The lowest BCUT2D eigenvalue weighted by Crippen LogP contribution is -2.51. The van der Waals surface area contributed by atoms with E-state index < -0.39 is 28.3 Å². The molecule has 2 heterocycles. The van der Waals surface area contributed by atoms with E-state index >= 15 is 0 Å². The zero-order valence-electron chi connectivity index (χ0n) is 15.0. The summed E-state index contributed by atoms with van der Waals surface area (Å²) in [6, 6.07) is 1.95. The predicted molar refractivity (Wildman–Crippen MR) is 105 cm³/mol. The van der Waals surface area contributed by atoms with Gasteiger partial charge in [0.1, 0.15) is 6.61 Å². The van der Waals surface area contributed by atoms with Crippen LogP contribution in [-0.4, -0.2) is 50.4 Å². The molecule has 1 aromatic rings. The number of imide groups is 1. The molecule has 0 spiro atoms. The van der Waals surface area contributed by atoms with Crippen molar-refractivity contribution in [2.45, 2.75) is 23.1 Å². The second kappa shape index (κ2) is 9.86. The zero-order valence-corrected chi connectivity index (χ0v) is 17.2. The molecule has 0 bridgehead atoms. The Morgan fingerprint density at radius 2 is 2.10 bits per heavy atom. The summed E-state index contributed by atoms with van der Waals surface area (Å²) in [6.07, 6.45) is 2.00. The second-order valence-corrected chi connectivity index (χ2v) is 8.21. The largest absolute Gasteiger partial charge is 0.447 e. The van der Waals surface area contributed by atoms with Crippen LogP contribution in [0.3, 0.4) is 0 Å². The van der Waals surface area contributed by atoms with Crippen LogP contribution in [0.15, 0.2) is 31.0 Å². The number of hydrogen-bond donors (Lipinski definition) is 1. The van der Waals surface area contributed by atoms with Gasteiger partial charge >= 0.3 is 18.1 Å². The highest BCUT2D eigenvalue weighted by molar-refractivity contribution is 6.68. The van der Waals surface area contributed by atoms with Crippen molar-refractivity contribution in [3.05, 3.63) is 31.0 Å². The first-order valence-corrected chi connectivity index (χ1v) is 9.40. The maximum absolute atomic E-state index is 12.4. The number of halogens is 3. The molecule has 158 valence electrons. The van der Waals surface area contributed by atoms with E-state index in [2.05, 4.69) is 12.0 Å². The first kappa shape index (κ1) is 22.9. The summed E-state index contributed by atoms with van der Waals surface area (Å²) >= 11 is 16.8. The summed E-state index contributed by atoms with van der Waals surface area (Å²) in [6.45, 7) is 3.57. The van der Waals surface area contributed by atoms with Crippen molar-refractivity contribution >= 4 is 64.6 Å². The topological polar surface area (TPSA) is 110 Å². The van der Waals surface area contributed by atoms with Crippen molar-refractivity contribution in [1.29, 1.82) is 0 Å². The van der Waals surface area contributed by atoms with E-state index in [0.29, 0.717) is 11.6 Å². The van der Waals surface area contributed by atoms with Gasteiger partial charge in [-0.1, -0.05) is 46.1 Å². The van der Waals surface area contributed by atoms with Crippen LogP contribution in [-0.2, 0) is 14.4 Å². The average molecular weight is 468 g/mol. The zero-order chi connectivity index (χ0) is 21.6. The molecule has 0 aromatic carbocycles. The molecule has 1 saturated heterocycles. The standard InChI is InChI=1S/C16H17Cl3N4O6/c1-2-3-6-12(24)21-7-4-5-11(21)23(29-13(25)10-16(17,18)19)20-14(26)22-8-9-28-15(22)27/h2,4-5,7H,1,3,6,8-10H2,(H,20,26). The number of anilines is 1. The lowest BCUT2D eigenvalue weighted by atomic mass is 10.3. The molecule has 0 saturated carbocycles. The van der Waals surface area contributed by atoms with Gasteiger partial charge in [0, 0.05) is 12.6 Å². The van der Waals surface area contributed by atoms with Crippen LogP contribution in [0, 0.1) is 0 Å². The number of amides is 3. The van der Waals surface area contributed by atoms with E-state index in [4.69, 9.17) is 44.4 Å². The van der Waals surface area contributed by atoms with Gasteiger partial charge in [0.05, 0.1) is 13.0 Å². The van der Waals surface area contributed by atoms with Gasteiger partial charge in [-0.2, -0.15) is 0 Å². The number of aromatic nitrogens is 1. The third kappa shape index (κ3) is 6.55. The number of ether oxygens (including phenoxy) is 1. The average Bonchev–Trinajstić information content (AvgIpc) is 3.26. The van der Waals surface area contributed by atoms with E-state index in [1.54, 1.807) is 6.08 Å². The Balaban J connectivity index is 2.25. The monoisotopic (exact) mass is 466 g/mol. The minimum Gasteiger partial charge on any atom is -0.447 e. The van der Waals surface area contributed by atoms with Crippen LogP contribution in [0.4, 0.5) is 15.4 Å². The van der Waals surface area contributed by atoms with Gasteiger partial charge in [-0.25, -0.2) is 24.7 Å². The number of alkyl halides is 3. The van der Waals surface area contributed by atoms with E-state index in [9.17, 15) is 19.2 Å². The van der Waals surface area contributed by atoms with Crippen molar-refractivity contribution in [2.24, 2.45) is 0 Å². The minimum absolute atomic E-state index is 0.000118. The summed E-state index contributed by atoms with van der Waals surface area (Å²) in [5, 5.41) is 0.623. The minimum atomic E-state index is -1.94. The Morgan fingerprint density at radius 3 is 2.69 bits per heavy atom. The van der Waals surface area contributed by atoms with Crippen LogP contribution in [0.2, 0.25) is 0 Å². The van der Waals surface area contributed by atoms with Gasteiger partial charge in [0.2, 0.25) is 9.70 Å². The van der Waals surface area contributed by atoms with Gasteiger partial charge in [0.15, 0.2) is 5.82 Å². The summed E-state index contributed by atoms with van der Waals surface area (Å²) in [7, 11) is 0. The summed E-state index contributed by atoms with van der Waals surface area (Å²) < 4.78 is 3.90. The highest BCUT2D eigenvalue weighted by Crippen LogP contribution is 2.30. The number of carbonyl (C=O) groups excluding carboxylic acids is 4. The van der Waals surface area contributed by atoms with Gasteiger partial charge in [-0.05, 0) is 18.6 Å². The van der Waals surface area contributed by atoms with E-state index in [1.165, 1.54) is 18.3 Å². The summed E-state index contributed by atoms with van der Waals surface area (Å²) in [5.41, 5.74) is 2.21. The number of nitrogens with one attached hydrogen (secondary N) is 1. The molecule has 1 aliphatic rings. The fourth-order valence-corrected chi connectivity index (χ4v) is 2.57. The molecule has 2 rings (SSSR count). The van der Waals surface area contributed by atoms with Gasteiger partial charge < -0.3 is 9.57 Å². The van der Waals surface area contributed by atoms with Crippen LogP contribution in [0.25, 0.3) is 0 Å². The molecular weight excluding hydrogens is 451 g/mol. The molecule has 3 amide bonds. The first-order valence-electron chi connectivity index (χ1n) is 8.26. The number of hydrazine groups is 1. The molecule has 0 unspecified atom stereocenters. The number of urea groups is 1. The third-order valence-electron chi connectivity index (χ3n) is 3.51. The molecule has 0 aliphatic carbocycles. The number of rotatable bonds is 7. The van der Waals surface area contributed by atoms with Crippen LogP contribution < -0.4 is 10.6 Å². The van der Waals surface area contributed by atoms with E-state index in [1.807, 2.05) is 0 Å². The normalized spacial score (nSPS) is 13.6. The van der Waals surface area contributed by atoms with Gasteiger partial charge in [-0.15, -0.1) is 6.58 Å². The van der Waals surface area contributed by atoms with Gasteiger partial charge in [-0.3, -0.25) is 9.36 Å². The number of cyclic esters (lactones) is 1. The molecule has 1 fully saturated rings. The fourth-order valence-electron chi connectivity index (χ4n) is 2.24. The summed E-state index contributed by atoms with van der Waals surface area (Å²) in [4.78, 5) is 54.3. The van der Waals surface area contributed by atoms with Crippen LogP contribution in [0.5, 0.6) is 0 Å². The smallest absolute Gasteiger partial charge is 0.418 e. The first-order chi connectivity index (χ1) is 13.6. The fraction of sp³-hybridized carbons (Fsp3) is 0.375. The molecule has 1 aromatic heterocycles. The highest BCUT2D eigenvalue weighted by atomic mass is 35.6. The van der Waals surface area contributed by atoms with Crippen molar-refractivity contribution in [3.8, 4) is 0 Å². The molecule has 0 radical (unpaired) electrons. The maximum Gasteiger partial charge on any atom is 0.418 e. The second-order valence-electron chi connectivity index (χ2n) is 5.69. The third-order valence-corrected chi connectivity index (χ3v) is 3.91. The number of carbonyl (C=O) groups is 4. The van der Waals surface area contributed by atoms with Gasteiger partial charge in [0.25, 0.3) is 0 Å². The maximum atomic E-state index is 12.4. The van der Waals surface area contributed by atoms with Crippen molar-refractivity contribution in [2.75, 3.05) is 18.3 Å². The van der Waals surface area contributed by atoms with Crippen LogP contribution in [0.1, 0.15) is 24.1 Å². The SMILES string of the molecule is C=CCCC(=O)n1cccc1N(NC(=O)N1CCOC1=O)OC(=O)CC(Cl)(Cl)Cl. The van der Waals surface area contributed by atoms with E-state index in [-0.39, 0.29) is 31.3 Å². The van der Waals surface area contributed by atoms with E-state index in [0.717, 1.165) is 9.47 Å². The molecule has 13 heteroatoms. The molecular formula is C16H17Cl3N4O6. The Bertz CT molecular complexity index is 807. The Labute approximate surface area is 180 Å². The molecule has 1 N–H and O–H groups in total. The lowest BCUT2D eigenvalue weighted by Gasteiger charge is -2.25. The Hall–Kier alpha value is -2.43. The molecule has 10 nitrogen and oxygen atoms in total. The highest BCUT2D eigenvalue weighted by Gasteiger charge is 2.33. The number of nitrogens with zero attached hydrogens (tertiary/aromatic N) is 3. The van der Waals surface area contributed by atoms with Crippen molar-refractivity contribution < 1.29 is 28.8 Å². The predicted octanol–water partition coefficient (Wildman–Crippen LogP) is 3.20. The lowest BCUT2D eigenvalue weighted by molar-refractivity contribution is -0.146. The molecule has 29 heavy (non-hydrogen) atoms. The van der Waals surface area contributed by atoms with Crippen LogP contribution >= 0.6 is 34.8 Å². The van der Waals surface area contributed by atoms with Crippen molar-refractivity contribution in [3.63, 3.8) is 0 Å².